The third-order valence-corrected chi connectivity index (χ3v) is 4.66. The first kappa shape index (κ1) is 17.8. The van der Waals surface area contributed by atoms with Gasteiger partial charge in [-0.05, 0) is 49.4 Å². The number of hydrogen-bond acceptors (Lipinski definition) is 5. The predicted octanol–water partition coefficient (Wildman–Crippen LogP) is 5.16. The summed E-state index contributed by atoms with van der Waals surface area (Å²) in [6, 6.07) is 14.0. The average Bonchev–Trinajstić information content (AvgIpc) is 3.04. The van der Waals surface area contributed by atoms with E-state index >= 15 is 0 Å². The first-order chi connectivity index (χ1) is 12.0. The maximum absolute atomic E-state index is 12.3. The largest absolute Gasteiger partial charge is 0.411 e. The molecule has 1 atom stereocenters. The molecule has 2 aromatic carbocycles. The van der Waals surface area contributed by atoms with Crippen molar-refractivity contribution in [3.8, 4) is 11.5 Å². The van der Waals surface area contributed by atoms with Gasteiger partial charge in [-0.15, -0.1) is 10.2 Å². The van der Waals surface area contributed by atoms with Crippen molar-refractivity contribution in [2.75, 3.05) is 5.32 Å². The third-order valence-electron chi connectivity index (χ3n) is 3.24. The average molecular weight is 394 g/mol. The zero-order valence-corrected chi connectivity index (χ0v) is 15.4. The van der Waals surface area contributed by atoms with Crippen molar-refractivity contribution in [2.24, 2.45) is 0 Å². The molecule has 1 amide bonds. The van der Waals surface area contributed by atoms with Gasteiger partial charge in [-0.25, -0.2) is 0 Å². The quantitative estimate of drug-likeness (QED) is 0.606. The number of rotatable bonds is 5. The van der Waals surface area contributed by atoms with Crippen molar-refractivity contribution >= 4 is 46.6 Å². The minimum Gasteiger partial charge on any atom is -0.411 e. The number of nitrogens with one attached hydrogen (secondary N) is 1. The van der Waals surface area contributed by atoms with E-state index in [1.807, 2.05) is 0 Å². The summed E-state index contributed by atoms with van der Waals surface area (Å²) in [4.78, 5) is 12.3. The van der Waals surface area contributed by atoms with E-state index in [9.17, 15) is 4.79 Å². The van der Waals surface area contributed by atoms with Gasteiger partial charge in [-0.2, -0.15) is 0 Å². The molecule has 0 aliphatic rings. The molecule has 0 fully saturated rings. The fourth-order valence-corrected chi connectivity index (χ4v) is 2.98. The summed E-state index contributed by atoms with van der Waals surface area (Å²) in [5.74, 6) is 0.195. The number of benzene rings is 2. The van der Waals surface area contributed by atoms with Gasteiger partial charge in [0.15, 0.2) is 0 Å². The van der Waals surface area contributed by atoms with E-state index in [1.54, 1.807) is 55.5 Å². The van der Waals surface area contributed by atoms with E-state index in [-0.39, 0.29) is 5.91 Å². The lowest BCUT2D eigenvalue weighted by Crippen LogP contribution is -2.22. The monoisotopic (exact) mass is 393 g/mol. The summed E-state index contributed by atoms with van der Waals surface area (Å²) in [6.45, 7) is 1.76. The van der Waals surface area contributed by atoms with Gasteiger partial charge in [0.05, 0.1) is 5.25 Å². The highest BCUT2D eigenvalue weighted by Gasteiger charge is 2.19. The van der Waals surface area contributed by atoms with Crippen molar-refractivity contribution in [2.45, 2.75) is 17.4 Å². The van der Waals surface area contributed by atoms with Gasteiger partial charge >= 0.3 is 0 Å². The molecule has 0 saturated heterocycles. The third kappa shape index (κ3) is 4.75. The summed E-state index contributed by atoms with van der Waals surface area (Å²) < 4.78 is 5.60. The number of thioether (sulfide) groups is 1. The van der Waals surface area contributed by atoms with Crippen LogP contribution < -0.4 is 5.32 Å². The second kappa shape index (κ2) is 7.91. The van der Waals surface area contributed by atoms with E-state index in [0.29, 0.717) is 26.8 Å². The van der Waals surface area contributed by atoms with Gasteiger partial charge in [-0.3, -0.25) is 4.79 Å². The lowest BCUT2D eigenvalue weighted by Gasteiger charge is -2.09. The Morgan fingerprint density at radius 2 is 1.88 bits per heavy atom. The SMILES string of the molecule is C[C@H](Sc1nnc(-c2ccc(Cl)cc2)o1)C(=O)Nc1cccc(Cl)c1. The first-order valence-electron chi connectivity index (χ1n) is 7.34. The molecular weight excluding hydrogens is 381 g/mol. The maximum Gasteiger partial charge on any atom is 0.277 e. The Balaban J connectivity index is 1.63. The minimum absolute atomic E-state index is 0.182. The van der Waals surface area contributed by atoms with Gasteiger partial charge in [0.1, 0.15) is 0 Å². The zero-order valence-electron chi connectivity index (χ0n) is 13.1. The zero-order chi connectivity index (χ0) is 17.8. The molecule has 0 aliphatic carbocycles. The van der Waals surface area contributed by atoms with Gasteiger partial charge in [0.2, 0.25) is 11.8 Å². The molecule has 1 heterocycles. The maximum atomic E-state index is 12.3. The molecule has 3 aromatic rings. The molecule has 0 bridgehead atoms. The lowest BCUT2D eigenvalue weighted by molar-refractivity contribution is -0.115. The fraction of sp³-hybridized carbons (Fsp3) is 0.118. The van der Waals surface area contributed by atoms with Crippen LogP contribution in [-0.4, -0.2) is 21.4 Å². The Morgan fingerprint density at radius 1 is 1.12 bits per heavy atom. The Kier molecular flexibility index (Phi) is 5.63. The number of aromatic nitrogens is 2. The molecular formula is C17H13Cl2N3O2S. The molecule has 8 heteroatoms. The van der Waals surface area contributed by atoms with E-state index in [1.165, 1.54) is 11.8 Å². The number of amides is 1. The standard InChI is InChI=1S/C17H13Cl2N3O2S/c1-10(15(23)20-14-4-2-3-13(19)9-14)25-17-22-21-16(24-17)11-5-7-12(18)8-6-11/h2-10H,1H3,(H,20,23)/t10-/m0/s1. The van der Waals surface area contributed by atoms with Crippen LogP contribution >= 0.6 is 35.0 Å². The van der Waals surface area contributed by atoms with Crippen LogP contribution in [0.25, 0.3) is 11.5 Å². The number of carbonyl (C=O) groups is 1. The smallest absolute Gasteiger partial charge is 0.277 e. The van der Waals surface area contributed by atoms with Crippen LogP contribution in [0.2, 0.25) is 10.0 Å². The Hall–Kier alpha value is -2.02. The van der Waals surface area contributed by atoms with Crippen LogP contribution in [0.15, 0.2) is 58.2 Å². The molecule has 128 valence electrons. The highest BCUT2D eigenvalue weighted by Crippen LogP contribution is 2.27. The summed E-state index contributed by atoms with van der Waals surface area (Å²) in [5, 5.41) is 11.8. The van der Waals surface area contributed by atoms with Crippen molar-refractivity contribution < 1.29 is 9.21 Å². The number of anilines is 1. The molecule has 0 unspecified atom stereocenters. The number of hydrogen-bond donors (Lipinski definition) is 1. The Morgan fingerprint density at radius 3 is 2.60 bits per heavy atom. The molecule has 1 aromatic heterocycles. The van der Waals surface area contributed by atoms with Crippen LogP contribution in [0.3, 0.4) is 0 Å². The van der Waals surface area contributed by atoms with Crippen LogP contribution in [0.5, 0.6) is 0 Å². The van der Waals surface area contributed by atoms with Crippen molar-refractivity contribution in [3.05, 3.63) is 58.6 Å². The molecule has 0 spiro atoms. The molecule has 1 N–H and O–H groups in total. The van der Waals surface area contributed by atoms with Crippen LogP contribution in [0, 0.1) is 0 Å². The second-order valence-corrected chi connectivity index (χ2v) is 7.30. The van der Waals surface area contributed by atoms with E-state index in [2.05, 4.69) is 15.5 Å². The summed E-state index contributed by atoms with van der Waals surface area (Å²) in [6.07, 6.45) is 0. The molecule has 5 nitrogen and oxygen atoms in total. The lowest BCUT2D eigenvalue weighted by atomic mass is 10.2. The normalized spacial score (nSPS) is 12.0. The fourth-order valence-electron chi connectivity index (χ4n) is 1.98. The Bertz CT molecular complexity index is 884. The second-order valence-electron chi connectivity index (χ2n) is 5.14. The van der Waals surface area contributed by atoms with Gasteiger partial charge in [-0.1, -0.05) is 41.0 Å². The minimum atomic E-state index is -0.419. The van der Waals surface area contributed by atoms with Crippen LogP contribution in [-0.2, 0) is 4.79 Å². The molecule has 0 saturated carbocycles. The molecule has 0 aliphatic heterocycles. The van der Waals surface area contributed by atoms with E-state index in [0.717, 1.165) is 5.56 Å². The topological polar surface area (TPSA) is 68.0 Å². The molecule has 25 heavy (non-hydrogen) atoms. The number of halogens is 2. The summed E-state index contributed by atoms with van der Waals surface area (Å²) in [5.41, 5.74) is 1.40. The summed E-state index contributed by atoms with van der Waals surface area (Å²) >= 11 is 13.0. The van der Waals surface area contributed by atoms with Crippen molar-refractivity contribution in [1.82, 2.24) is 10.2 Å². The van der Waals surface area contributed by atoms with Crippen molar-refractivity contribution in [3.63, 3.8) is 0 Å². The van der Waals surface area contributed by atoms with Gasteiger partial charge in [0.25, 0.3) is 5.22 Å². The predicted molar refractivity (Wildman–Crippen MR) is 100 cm³/mol. The van der Waals surface area contributed by atoms with Crippen LogP contribution in [0.1, 0.15) is 6.92 Å². The number of nitrogens with zero attached hydrogens (tertiary/aromatic N) is 2. The van der Waals surface area contributed by atoms with Crippen LogP contribution in [0.4, 0.5) is 5.69 Å². The summed E-state index contributed by atoms with van der Waals surface area (Å²) in [7, 11) is 0. The van der Waals surface area contributed by atoms with Crippen molar-refractivity contribution in [1.29, 1.82) is 0 Å². The van der Waals surface area contributed by atoms with Gasteiger partial charge in [0, 0.05) is 21.3 Å². The van der Waals surface area contributed by atoms with E-state index < -0.39 is 5.25 Å². The van der Waals surface area contributed by atoms with Gasteiger partial charge < -0.3 is 9.73 Å². The molecule has 0 radical (unpaired) electrons. The first-order valence-corrected chi connectivity index (χ1v) is 8.97. The molecule has 3 rings (SSSR count). The number of carbonyl (C=O) groups excluding carboxylic acids is 1. The highest BCUT2D eigenvalue weighted by molar-refractivity contribution is 8.00. The van der Waals surface area contributed by atoms with E-state index in [4.69, 9.17) is 27.6 Å². The Labute approximate surface area is 158 Å². The highest BCUT2D eigenvalue weighted by atomic mass is 35.5.